The number of fused-ring (bicyclic) bond motifs is 1. The third-order valence-electron chi connectivity index (χ3n) is 5.22. The molecule has 0 radical (unpaired) electrons. The minimum absolute atomic E-state index is 0.521. The molecule has 0 bridgehead atoms. The van der Waals surface area contributed by atoms with E-state index in [0.29, 0.717) is 32.3 Å². The average Bonchev–Trinajstić information content (AvgIpc) is 3.15. The largest absolute Gasteiger partial charge is 0.378 e. The number of aromatic nitrogens is 3. The molecule has 0 spiro atoms. The van der Waals surface area contributed by atoms with Crippen LogP contribution in [-0.4, -0.2) is 65.8 Å². The molecular formula is C20H22N6O2. The summed E-state index contributed by atoms with van der Waals surface area (Å²) in [5.74, 6) is 1.32. The Bertz CT molecular complexity index is 963. The number of para-hydroxylation sites is 1. The van der Waals surface area contributed by atoms with Crippen molar-refractivity contribution >= 4 is 28.5 Å². The molecule has 4 heterocycles. The average molecular weight is 378 g/mol. The van der Waals surface area contributed by atoms with Crippen LogP contribution in [0.15, 0.2) is 48.7 Å². The van der Waals surface area contributed by atoms with Gasteiger partial charge in [0.15, 0.2) is 5.82 Å². The lowest BCUT2D eigenvalue weighted by molar-refractivity contribution is 0.122. The molecule has 1 atom stereocenters. The van der Waals surface area contributed by atoms with E-state index >= 15 is 0 Å². The maximum Gasteiger partial charge on any atom is 0.231 e. The lowest BCUT2D eigenvalue weighted by Gasteiger charge is -2.30. The third-order valence-corrected chi connectivity index (χ3v) is 5.22. The van der Waals surface area contributed by atoms with Crippen LogP contribution >= 0.6 is 0 Å². The van der Waals surface area contributed by atoms with Crippen molar-refractivity contribution in [3.8, 4) is 0 Å². The van der Waals surface area contributed by atoms with Gasteiger partial charge in [0.25, 0.3) is 0 Å². The van der Waals surface area contributed by atoms with E-state index in [4.69, 9.17) is 14.7 Å². The highest BCUT2D eigenvalue weighted by Crippen LogP contribution is 2.29. The minimum Gasteiger partial charge on any atom is -0.378 e. The summed E-state index contributed by atoms with van der Waals surface area (Å²) in [5.41, 5.74) is 2.54. The number of pyridine rings is 1. The van der Waals surface area contributed by atoms with Crippen molar-refractivity contribution in [3.05, 3.63) is 48.7 Å². The Morgan fingerprint density at radius 1 is 0.893 bits per heavy atom. The Hall–Kier alpha value is -2.97. The zero-order valence-corrected chi connectivity index (χ0v) is 15.5. The van der Waals surface area contributed by atoms with Gasteiger partial charge < -0.3 is 19.6 Å². The summed E-state index contributed by atoms with van der Waals surface area (Å²) in [4.78, 5) is 20.0. The predicted molar refractivity (Wildman–Crippen MR) is 108 cm³/mol. The first-order valence-corrected chi connectivity index (χ1v) is 9.53. The quantitative estimate of drug-likeness (QED) is 0.734. The number of ether oxygens (including phenoxy) is 1. The molecule has 5 rings (SSSR count). The second kappa shape index (κ2) is 7.21. The fraction of sp³-hybridized carbons (Fsp3) is 0.350. The van der Waals surface area contributed by atoms with E-state index in [1.54, 1.807) is 6.20 Å². The van der Waals surface area contributed by atoms with Gasteiger partial charge in [-0.2, -0.15) is 4.98 Å². The highest BCUT2D eigenvalue weighted by atomic mass is 16.5. The Morgan fingerprint density at radius 3 is 2.50 bits per heavy atom. The normalized spacial score (nSPS) is 20.2. The Balaban J connectivity index is 1.52. The summed E-state index contributed by atoms with van der Waals surface area (Å²) in [7, 11) is 0. The number of hydrogen-bond donors (Lipinski definition) is 1. The van der Waals surface area contributed by atoms with Crippen LogP contribution < -0.4 is 14.7 Å². The topological polar surface area (TPSA) is 77.9 Å². The molecular weight excluding hydrogens is 356 g/mol. The number of morpholine rings is 1. The van der Waals surface area contributed by atoms with Gasteiger partial charge in [-0.15, -0.1) is 0 Å². The third kappa shape index (κ3) is 3.00. The monoisotopic (exact) mass is 378 g/mol. The van der Waals surface area contributed by atoms with Crippen molar-refractivity contribution in [2.24, 2.45) is 0 Å². The predicted octanol–water partition coefficient (Wildman–Crippen LogP) is 1.46. The summed E-state index contributed by atoms with van der Waals surface area (Å²) >= 11 is 0. The van der Waals surface area contributed by atoms with Crippen molar-refractivity contribution in [3.63, 3.8) is 0 Å². The zero-order valence-electron chi connectivity index (χ0n) is 15.5. The summed E-state index contributed by atoms with van der Waals surface area (Å²) in [6, 6.07) is 13.7. The van der Waals surface area contributed by atoms with Crippen LogP contribution in [0.4, 0.5) is 17.5 Å². The molecule has 2 aromatic heterocycles. The van der Waals surface area contributed by atoms with Gasteiger partial charge in [0, 0.05) is 38.1 Å². The van der Waals surface area contributed by atoms with Crippen LogP contribution in [0.5, 0.6) is 0 Å². The van der Waals surface area contributed by atoms with Crippen molar-refractivity contribution in [2.75, 3.05) is 54.1 Å². The zero-order chi connectivity index (χ0) is 18.9. The molecule has 2 saturated heterocycles. The molecule has 144 valence electrons. The first kappa shape index (κ1) is 17.2. The van der Waals surface area contributed by atoms with E-state index in [9.17, 15) is 5.11 Å². The van der Waals surface area contributed by atoms with Crippen molar-refractivity contribution in [1.29, 1.82) is 0 Å². The van der Waals surface area contributed by atoms with Crippen LogP contribution in [0.1, 0.15) is 0 Å². The van der Waals surface area contributed by atoms with Crippen molar-refractivity contribution < 1.29 is 9.84 Å². The highest BCUT2D eigenvalue weighted by molar-refractivity contribution is 5.86. The van der Waals surface area contributed by atoms with Gasteiger partial charge in [-0.25, -0.2) is 4.98 Å². The van der Waals surface area contributed by atoms with Crippen LogP contribution in [0, 0.1) is 0 Å². The van der Waals surface area contributed by atoms with Crippen molar-refractivity contribution in [1.82, 2.24) is 15.0 Å². The van der Waals surface area contributed by atoms with Gasteiger partial charge in [-0.1, -0.05) is 18.2 Å². The van der Waals surface area contributed by atoms with E-state index in [0.717, 1.165) is 35.6 Å². The molecule has 1 unspecified atom stereocenters. The summed E-state index contributed by atoms with van der Waals surface area (Å²) in [6.07, 6.45) is 0.950. The van der Waals surface area contributed by atoms with E-state index in [-0.39, 0.29) is 0 Å². The molecule has 2 aliphatic heterocycles. The standard InChI is InChI=1S/C20H22N6O2/c27-20-25(15-5-2-1-3-6-15)9-10-26(20)19-22-16-7-4-8-21-17(16)18(23-19)24-11-13-28-14-12-24/h1-8,20,27H,9-14H2. The molecule has 0 saturated carbocycles. The fourth-order valence-electron chi connectivity index (χ4n) is 3.76. The first-order valence-electron chi connectivity index (χ1n) is 9.53. The van der Waals surface area contributed by atoms with Gasteiger partial charge in [0.1, 0.15) is 5.52 Å². The Kier molecular flexibility index (Phi) is 4.42. The molecule has 2 aliphatic rings. The molecule has 8 heteroatoms. The van der Waals surface area contributed by atoms with E-state index in [1.165, 1.54) is 0 Å². The van der Waals surface area contributed by atoms with E-state index < -0.39 is 6.35 Å². The van der Waals surface area contributed by atoms with Gasteiger partial charge in [0.05, 0.1) is 18.7 Å². The number of rotatable bonds is 3. The van der Waals surface area contributed by atoms with Gasteiger partial charge >= 0.3 is 0 Å². The molecule has 1 aromatic carbocycles. The van der Waals surface area contributed by atoms with E-state index in [1.807, 2.05) is 52.3 Å². The molecule has 2 fully saturated rings. The number of anilines is 3. The van der Waals surface area contributed by atoms with Crippen LogP contribution in [0.2, 0.25) is 0 Å². The van der Waals surface area contributed by atoms with Crippen LogP contribution in [-0.2, 0) is 4.74 Å². The number of benzene rings is 1. The molecule has 3 aromatic rings. The van der Waals surface area contributed by atoms with E-state index in [2.05, 4.69) is 9.88 Å². The number of nitrogens with zero attached hydrogens (tertiary/aromatic N) is 6. The minimum atomic E-state index is -0.811. The maximum atomic E-state index is 11.0. The first-order chi connectivity index (χ1) is 13.8. The number of aliphatic hydroxyl groups excluding tert-OH is 1. The smallest absolute Gasteiger partial charge is 0.231 e. The molecule has 8 nitrogen and oxygen atoms in total. The Labute approximate surface area is 163 Å². The highest BCUT2D eigenvalue weighted by Gasteiger charge is 2.33. The maximum absolute atomic E-state index is 11.0. The van der Waals surface area contributed by atoms with Crippen LogP contribution in [0.3, 0.4) is 0 Å². The lowest BCUT2D eigenvalue weighted by Crippen LogP contribution is -2.40. The lowest BCUT2D eigenvalue weighted by atomic mass is 10.3. The summed E-state index contributed by atoms with van der Waals surface area (Å²) in [6.45, 7) is 4.21. The molecule has 0 amide bonds. The molecule has 28 heavy (non-hydrogen) atoms. The second-order valence-electron chi connectivity index (χ2n) is 6.89. The van der Waals surface area contributed by atoms with Gasteiger partial charge in [-0.05, 0) is 24.3 Å². The van der Waals surface area contributed by atoms with Crippen molar-refractivity contribution in [2.45, 2.75) is 6.35 Å². The molecule has 1 N–H and O–H groups in total. The number of hydrogen-bond acceptors (Lipinski definition) is 8. The number of aliphatic hydroxyl groups is 1. The van der Waals surface area contributed by atoms with Gasteiger partial charge in [-0.3, -0.25) is 9.88 Å². The second-order valence-corrected chi connectivity index (χ2v) is 6.89. The Morgan fingerprint density at radius 2 is 1.68 bits per heavy atom. The summed E-state index contributed by atoms with van der Waals surface area (Å²) in [5, 5.41) is 11.0. The summed E-state index contributed by atoms with van der Waals surface area (Å²) < 4.78 is 5.48. The van der Waals surface area contributed by atoms with Gasteiger partial charge in [0.2, 0.25) is 12.3 Å². The van der Waals surface area contributed by atoms with Crippen LogP contribution in [0.25, 0.3) is 11.0 Å². The molecule has 0 aliphatic carbocycles. The fourth-order valence-corrected chi connectivity index (χ4v) is 3.76. The SMILES string of the molecule is OC1N(c2ccccc2)CCN1c1nc(N2CCOCC2)c2ncccc2n1.